The van der Waals surface area contributed by atoms with E-state index >= 15 is 4.39 Å². The van der Waals surface area contributed by atoms with Crippen LogP contribution in [0.2, 0.25) is 0 Å². The molecule has 0 unspecified atom stereocenters. The fourth-order valence-corrected chi connectivity index (χ4v) is 4.95. The van der Waals surface area contributed by atoms with Crippen LogP contribution >= 0.6 is 0 Å². The normalized spacial score (nSPS) is 16.2. The molecule has 3 aromatic rings. The van der Waals surface area contributed by atoms with Gasteiger partial charge in [-0.2, -0.15) is 0 Å². The van der Waals surface area contributed by atoms with E-state index in [0.29, 0.717) is 43.3 Å². The average Bonchev–Trinajstić information content (AvgIpc) is 3.12. The van der Waals surface area contributed by atoms with Crippen LogP contribution in [0.3, 0.4) is 0 Å². The molecule has 1 aliphatic heterocycles. The number of ether oxygens (including phenoxy) is 1. The van der Waals surface area contributed by atoms with E-state index in [9.17, 15) is 4.39 Å². The van der Waals surface area contributed by atoms with Crippen molar-refractivity contribution in [1.29, 1.82) is 0 Å². The van der Waals surface area contributed by atoms with Crippen molar-refractivity contribution in [3.63, 3.8) is 0 Å². The molecular weight excluding hydrogens is 479 g/mol. The molecule has 0 aliphatic carbocycles. The van der Waals surface area contributed by atoms with Gasteiger partial charge in [-0.15, -0.1) is 0 Å². The third-order valence-electron chi connectivity index (χ3n) is 4.30. The molecule has 0 N–H and O–H groups in total. The van der Waals surface area contributed by atoms with Gasteiger partial charge >= 0.3 is 172 Å². The summed E-state index contributed by atoms with van der Waals surface area (Å²) in [6.07, 6.45) is 1.49. The van der Waals surface area contributed by atoms with Crippen molar-refractivity contribution in [2.75, 3.05) is 8.86 Å². The standard InChI is InChI=1S/C20H19F2IN3O2/c1-19(2,3)18-25-17(26-28-18)15-8-16(27-13-6-4-12(21)5-7-13)14(9-24-15)20(22)10-23-11-20/h4-9H,10-11H2,1-3H3/q-1. The van der Waals surface area contributed by atoms with Gasteiger partial charge < -0.3 is 0 Å². The van der Waals surface area contributed by atoms with Crippen LogP contribution in [0.4, 0.5) is 8.78 Å². The quantitative estimate of drug-likeness (QED) is 0.405. The monoisotopic (exact) mass is 498 g/mol. The third-order valence-corrected chi connectivity index (χ3v) is 7.80. The van der Waals surface area contributed by atoms with Gasteiger partial charge in [0.15, 0.2) is 0 Å². The Morgan fingerprint density at radius 2 is 1.89 bits per heavy atom. The van der Waals surface area contributed by atoms with Gasteiger partial charge in [-0.1, -0.05) is 0 Å². The van der Waals surface area contributed by atoms with Crippen molar-refractivity contribution in [2.45, 2.75) is 31.9 Å². The van der Waals surface area contributed by atoms with Gasteiger partial charge in [0.25, 0.3) is 0 Å². The summed E-state index contributed by atoms with van der Waals surface area (Å²) in [4.78, 5) is 8.76. The van der Waals surface area contributed by atoms with Crippen LogP contribution < -0.4 is 25.9 Å². The molecule has 1 aliphatic rings. The van der Waals surface area contributed by atoms with E-state index in [1.54, 1.807) is 6.07 Å². The molecule has 3 heterocycles. The first-order valence-electron chi connectivity index (χ1n) is 8.75. The Morgan fingerprint density at radius 3 is 2.46 bits per heavy atom. The van der Waals surface area contributed by atoms with Gasteiger partial charge in [-0.3, -0.25) is 0 Å². The Morgan fingerprint density at radius 1 is 1.18 bits per heavy atom. The molecule has 0 spiro atoms. The summed E-state index contributed by atoms with van der Waals surface area (Å²) in [6, 6.07) is 7.22. The number of nitrogens with zero attached hydrogens (tertiary/aromatic N) is 3. The Hall–Kier alpha value is -2.10. The Bertz CT molecular complexity index is 995. The molecular formula is C20H19F2IN3O2-. The van der Waals surface area contributed by atoms with Gasteiger partial charge in [-0.25, -0.2) is 0 Å². The molecule has 0 amide bonds. The summed E-state index contributed by atoms with van der Waals surface area (Å²) in [5, 5.41) is 4.00. The third kappa shape index (κ3) is 3.74. The van der Waals surface area contributed by atoms with Crippen LogP contribution in [0.5, 0.6) is 11.5 Å². The van der Waals surface area contributed by atoms with Crippen LogP contribution in [0, 0.1) is 5.82 Å². The Labute approximate surface area is 171 Å². The number of halogens is 3. The number of hydrogen-bond donors (Lipinski definition) is 0. The first kappa shape index (κ1) is 19.2. The molecule has 0 atom stereocenters. The zero-order valence-corrected chi connectivity index (χ0v) is 17.8. The molecule has 0 saturated carbocycles. The molecule has 28 heavy (non-hydrogen) atoms. The van der Waals surface area contributed by atoms with Gasteiger partial charge in [0.2, 0.25) is 0 Å². The van der Waals surface area contributed by atoms with Crippen LogP contribution in [0.15, 0.2) is 41.1 Å². The van der Waals surface area contributed by atoms with Crippen molar-refractivity contribution >= 4 is 0 Å². The summed E-state index contributed by atoms with van der Waals surface area (Å²) in [6.45, 7) is 5.91. The SMILES string of the molecule is CC(C)(C)c1nc(-c2cc(Oc3ccc(F)cc3)c(C3(F)C[I-]C3)cn2)no1. The van der Waals surface area contributed by atoms with Crippen LogP contribution in [-0.2, 0) is 11.1 Å². The second-order valence-electron chi connectivity index (χ2n) is 7.72. The molecule has 5 nitrogen and oxygen atoms in total. The zero-order valence-electron chi connectivity index (χ0n) is 15.7. The predicted octanol–water partition coefficient (Wildman–Crippen LogP) is 1.63. The van der Waals surface area contributed by atoms with Crippen molar-refractivity contribution in [2.24, 2.45) is 0 Å². The molecule has 0 bridgehead atoms. The molecule has 148 valence electrons. The molecule has 4 rings (SSSR count). The minimum absolute atomic E-state index is 0.112. The maximum atomic E-state index is 15.2. The first-order valence-corrected chi connectivity index (χ1v) is 11.8. The number of rotatable bonds is 4. The molecule has 1 fully saturated rings. The van der Waals surface area contributed by atoms with E-state index in [1.807, 2.05) is 20.8 Å². The number of benzene rings is 1. The topological polar surface area (TPSA) is 61.0 Å². The molecule has 2 aromatic heterocycles. The number of hydrogen-bond acceptors (Lipinski definition) is 5. The van der Waals surface area contributed by atoms with E-state index in [0.717, 1.165) is 0 Å². The van der Waals surface area contributed by atoms with Crippen LogP contribution in [0.25, 0.3) is 11.5 Å². The second-order valence-corrected chi connectivity index (χ2v) is 10.3. The van der Waals surface area contributed by atoms with E-state index in [1.165, 1.54) is 30.5 Å². The summed E-state index contributed by atoms with van der Waals surface area (Å²) in [5.74, 6) is 1.19. The summed E-state index contributed by atoms with van der Waals surface area (Å²) in [7, 11) is 0. The zero-order chi connectivity index (χ0) is 19.9. The second kappa shape index (κ2) is 7.06. The molecule has 1 saturated heterocycles. The van der Waals surface area contributed by atoms with Gasteiger partial charge in [-0.05, 0) is 0 Å². The summed E-state index contributed by atoms with van der Waals surface area (Å²) < 4.78 is 40.6. The van der Waals surface area contributed by atoms with Crippen molar-refractivity contribution in [3.05, 3.63) is 53.8 Å². The minimum atomic E-state index is -1.41. The van der Waals surface area contributed by atoms with E-state index in [2.05, 4.69) is 15.1 Å². The fourth-order valence-electron chi connectivity index (χ4n) is 2.65. The number of pyridine rings is 1. The van der Waals surface area contributed by atoms with Crippen LogP contribution in [0.1, 0.15) is 32.2 Å². The van der Waals surface area contributed by atoms with Gasteiger partial charge in [0.05, 0.1) is 0 Å². The van der Waals surface area contributed by atoms with Crippen molar-refractivity contribution in [1.82, 2.24) is 15.1 Å². The molecule has 8 heteroatoms. The maximum absolute atomic E-state index is 15.2. The van der Waals surface area contributed by atoms with Crippen molar-refractivity contribution < 1.29 is 39.2 Å². The van der Waals surface area contributed by atoms with Gasteiger partial charge in [0.1, 0.15) is 0 Å². The van der Waals surface area contributed by atoms with Crippen LogP contribution in [-0.4, -0.2) is 24.0 Å². The predicted molar refractivity (Wildman–Crippen MR) is 95.2 cm³/mol. The van der Waals surface area contributed by atoms with E-state index in [4.69, 9.17) is 9.26 Å². The summed E-state index contributed by atoms with van der Waals surface area (Å²) in [5.41, 5.74) is -0.872. The fraction of sp³-hybridized carbons (Fsp3) is 0.350. The molecule has 1 aromatic carbocycles. The number of alkyl halides is 3. The first-order chi connectivity index (χ1) is 13.2. The Balaban J connectivity index is 1.73. The number of aromatic nitrogens is 3. The van der Waals surface area contributed by atoms with Crippen molar-refractivity contribution in [3.8, 4) is 23.0 Å². The Kier molecular flexibility index (Phi) is 4.84. The molecule has 0 radical (unpaired) electrons. The summed E-state index contributed by atoms with van der Waals surface area (Å²) >= 11 is -0.112. The average molecular weight is 498 g/mol. The van der Waals surface area contributed by atoms with E-state index in [-0.39, 0.29) is 32.4 Å². The van der Waals surface area contributed by atoms with E-state index < -0.39 is 5.67 Å². The van der Waals surface area contributed by atoms with Gasteiger partial charge in [0, 0.05) is 0 Å².